The van der Waals surface area contributed by atoms with E-state index in [-0.39, 0.29) is 18.1 Å². The third-order valence-electron chi connectivity index (χ3n) is 4.55. The Morgan fingerprint density at radius 2 is 2.00 bits per heavy atom. The minimum Gasteiger partial charge on any atom is -0.278 e. The lowest BCUT2D eigenvalue weighted by Crippen LogP contribution is -2.30. The summed E-state index contributed by atoms with van der Waals surface area (Å²) >= 11 is 2.94. The number of hydrogen-bond acceptors (Lipinski definition) is 7. The first-order chi connectivity index (χ1) is 15.4. The molecule has 0 aliphatic carbocycles. The normalized spacial score (nSPS) is 11.1. The number of carbonyl (C=O) groups is 1. The Morgan fingerprint density at radius 1 is 1.16 bits per heavy atom. The van der Waals surface area contributed by atoms with Crippen molar-refractivity contribution >= 4 is 50.0 Å². The molecule has 1 amide bonds. The summed E-state index contributed by atoms with van der Waals surface area (Å²) in [5.41, 5.74) is 1.88. The number of thiazole rings is 1. The van der Waals surface area contributed by atoms with Crippen LogP contribution in [0.2, 0.25) is 0 Å². The molecule has 4 aromatic rings. The summed E-state index contributed by atoms with van der Waals surface area (Å²) in [5, 5.41) is 12.0. The number of nitrogens with zero attached hydrogens (tertiary/aromatic N) is 4. The number of fused-ring (bicyclic) bond motifs is 1. The van der Waals surface area contributed by atoms with Gasteiger partial charge in [-0.25, -0.2) is 4.98 Å². The lowest BCUT2D eigenvalue weighted by atomic mass is 10.2. The number of non-ortho nitro benzene ring substituents is 1. The number of nitro benzene ring substituents is 1. The molecule has 0 radical (unpaired) electrons. The van der Waals surface area contributed by atoms with E-state index in [2.05, 4.69) is 23.8 Å². The molecule has 7 nitrogen and oxygen atoms in total. The van der Waals surface area contributed by atoms with Crippen molar-refractivity contribution in [1.82, 2.24) is 9.97 Å². The average molecular weight is 465 g/mol. The number of hydrogen-bond donors (Lipinski definition) is 0. The monoisotopic (exact) mass is 464 g/mol. The van der Waals surface area contributed by atoms with Crippen LogP contribution in [0.1, 0.15) is 29.9 Å². The number of benzene rings is 2. The molecule has 0 spiro atoms. The highest BCUT2D eigenvalue weighted by molar-refractivity contribution is 7.99. The molecule has 2 aromatic heterocycles. The second-order valence-electron chi connectivity index (χ2n) is 7.31. The second-order valence-corrected chi connectivity index (χ2v) is 9.97. The van der Waals surface area contributed by atoms with E-state index in [0.717, 1.165) is 10.6 Å². The van der Waals surface area contributed by atoms with E-state index in [1.165, 1.54) is 23.5 Å². The summed E-state index contributed by atoms with van der Waals surface area (Å²) in [6.45, 7) is 4.45. The van der Waals surface area contributed by atoms with Crippen LogP contribution in [0.5, 0.6) is 0 Å². The molecule has 0 aliphatic rings. The Kier molecular flexibility index (Phi) is 6.48. The van der Waals surface area contributed by atoms with Gasteiger partial charge in [0.2, 0.25) is 0 Å². The number of nitro groups is 1. The number of pyridine rings is 1. The number of rotatable bonds is 7. The molecule has 4 rings (SSSR count). The van der Waals surface area contributed by atoms with Gasteiger partial charge < -0.3 is 0 Å². The van der Waals surface area contributed by atoms with E-state index in [1.54, 1.807) is 35.0 Å². The molecule has 0 saturated carbocycles. The first-order valence-electron chi connectivity index (χ1n) is 9.94. The van der Waals surface area contributed by atoms with Gasteiger partial charge in [-0.15, -0.1) is 11.8 Å². The van der Waals surface area contributed by atoms with Gasteiger partial charge in [0.05, 0.1) is 27.4 Å². The number of amides is 1. The Hall–Kier alpha value is -3.30. The highest BCUT2D eigenvalue weighted by Crippen LogP contribution is 2.33. The minimum atomic E-state index is -0.437. The second kappa shape index (κ2) is 9.46. The van der Waals surface area contributed by atoms with Gasteiger partial charge in [-0.05, 0) is 36.4 Å². The van der Waals surface area contributed by atoms with Gasteiger partial charge in [0, 0.05) is 34.0 Å². The zero-order valence-corrected chi connectivity index (χ0v) is 19.1. The molecule has 2 heterocycles. The van der Waals surface area contributed by atoms with Crippen LogP contribution < -0.4 is 4.90 Å². The van der Waals surface area contributed by atoms with Crippen molar-refractivity contribution in [2.24, 2.45) is 0 Å². The molecular formula is C23H20N4O3S2. The van der Waals surface area contributed by atoms with Crippen LogP contribution in [0, 0.1) is 10.1 Å². The molecule has 0 atom stereocenters. The van der Waals surface area contributed by atoms with Crippen LogP contribution in [0.25, 0.3) is 10.2 Å². The number of carbonyl (C=O) groups excluding carboxylic acids is 1. The standard InChI is InChI=1S/C23H20N4O3S2/c1-15(2)31-19-8-5-6-16(12-19)22(28)26(14-17-7-3-4-11-24-17)23-25-20-10-9-18(27(29)30)13-21(20)32-23/h3-13,15H,14H2,1-2H3. The molecule has 0 aliphatic heterocycles. The highest BCUT2D eigenvalue weighted by Gasteiger charge is 2.23. The molecule has 2 aromatic carbocycles. The third-order valence-corrected chi connectivity index (χ3v) is 6.59. The quantitative estimate of drug-likeness (QED) is 0.191. The van der Waals surface area contributed by atoms with Gasteiger partial charge in [-0.2, -0.15) is 0 Å². The first-order valence-corrected chi connectivity index (χ1v) is 11.6. The fourth-order valence-electron chi connectivity index (χ4n) is 3.14. The van der Waals surface area contributed by atoms with Crippen molar-refractivity contribution < 1.29 is 9.72 Å². The van der Waals surface area contributed by atoms with Crippen LogP contribution in [-0.2, 0) is 6.54 Å². The van der Waals surface area contributed by atoms with Crippen LogP contribution in [0.4, 0.5) is 10.8 Å². The van der Waals surface area contributed by atoms with E-state index in [1.807, 2.05) is 36.4 Å². The summed E-state index contributed by atoms with van der Waals surface area (Å²) in [6, 6.07) is 17.6. The summed E-state index contributed by atoms with van der Waals surface area (Å²) in [7, 11) is 0. The smallest absolute Gasteiger partial charge is 0.270 e. The number of anilines is 1. The zero-order valence-electron chi connectivity index (χ0n) is 17.5. The predicted molar refractivity (Wildman–Crippen MR) is 128 cm³/mol. The van der Waals surface area contributed by atoms with Gasteiger partial charge in [0.1, 0.15) is 0 Å². The maximum absolute atomic E-state index is 13.6. The summed E-state index contributed by atoms with van der Waals surface area (Å²) in [5.74, 6) is -0.199. The SMILES string of the molecule is CC(C)Sc1cccc(C(=O)N(Cc2ccccn2)c2nc3ccc([N+](=O)[O-])cc3s2)c1. The Labute approximate surface area is 193 Å². The van der Waals surface area contributed by atoms with E-state index < -0.39 is 4.92 Å². The largest absolute Gasteiger partial charge is 0.278 e. The number of aromatic nitrogens is 2. The summed E-state index contributed by atoms with van der Waals surface area (Å²) < 4.78 is 0.650. The molecule has 32 heavy (non-hydrogen) atoms. The van der Waals surface area contributed by atoms with Gasteiger partial charge in [-0.1, -0.05) is 37.3 Å². The van der Waals surface area contributed by atoms with Crippen molar-refractivity contribution in [3.63, 3.8) is 0 Å². The van der Waals surface area contributed by atoms with Gasteiger partial charge in [0.25, 0.3) is 11.6 Å². The molecule has 0 unspecified atom stereocenters. The number of thioether (sulfide) groups is 1. The highest BCUT2D eigenvalue weighted by atomic mass is 32.2. The summed E-state index contributed by atoms with van der Waals surface area (Å²) in [6.07, 6.45) is 1.68. The third kappa shape index (κ3) is 4.95. The van der Waals surface area contributed by atoms with Crippen LogP contribution >= 0.6 is 23.1 Å². The van der Waals surface area contributed by atoms with Crippen molar-refractivity contribution in [2.45, 2.75) is 30.5 Å². The van der Waals surface area contributed by atoms with Crippen molar-refractivity contribution in [3.05, 3.63) is 88.2 Å². The summed E-state index contributed by atoms with van der Waals surface area (Å²) in [4.78, 5) is 35.8. The molecule has 162 valence electrons. The topological polar surface area (TPSA) is 89.2 Å². The molecule has 9 heteroatoms. The molecule has 0 saturated heterocycles. The van der Waals surface area contributed by atoms with Gasteiger partial charge in [0.15, 0.2) is 5.13 Å². The van der Waals surface area contributed by atoms with E-state index in [0.29, 0.717) is 26.2 Å². The minimum absolute atomic E-state index is 0.00582. The van der Waals surface area contributed by atoms with E-state index >= 15 is 0 Å². The molecule has 0 fully saturated rings. The van der Waals surface area contributed by atoms with Crippen molar-refractivity contribution in [3.8, 4) is 0 Å². The van der Waals surface area contributed by atoms with Crippen LogP contribution in [0.15, 0.2) is 71.8 Å². The van der Waals surface area contributed by atoms with Crippen molar-refractivity contribution in [1.29, 1.82) is 0 Å². The lowest BCUT2D eigenvalue weighted by Gasteiger charge is -2.20. The fraction of sp³-hybridized carbons (Fsp3) is 0.174. The Balaban J connectivity index is 1.74. The molecular weight excluding hydrogens is 444 g/mol. The van der Waals surface area contributed by atoms with Crippen LogP contribution in [-0.4, -0.2) is 26.0 Å². The van der Waals surface area contributed by atoms with Gasteiger partial charge in [-0.3, -0.25) is 24.8 Å². The first kappa shape index (κ1) is 21.9. The maximum Gasteiger partial charge on any atom is 0.270 e. The van der Waals surface area contributed by atoms with Gasteiger partial charge >= 0.3 is 0 Å². The van der Waals surface area contributed by atoms with Crippen molar-refractivity contribution in [2.75, 3.05) is 4.90 Å². The molecule has 0 N–H and O–H groups in total. The van der Waals surface area contributed by atoms with E-state index in [9.17, 15) is 14.9 Å². The van der Waals surface area contributed by atoms with E-state index in [4.69, 9.17) is 0 Å². The zero-order chi connectivity index (χ0) is 22.7. The lowest BCUT2D eigenvalue weighted by molar-refractivity contribution is -0.384. The molecule has 0 bridgehead atoms. The predicted octanol–water partition coefficient (Wildman–Crippen LogP) is 5.95. The average Bonchev–Trinajstić information content (AvgIpc) is 3.20. The fourth-order valence-corrected chi connectivity index (χ4v) is 5.03. The Morgan fingerprint density at radius 3 is 2.72 bits per heavy atom. The maximum atomic E-state index is 13.6. The van der Waals surface area contributed by atoms with Crippen LogP contribution in [0.3, 0.4) is 0 Å². The Bertz CT molecular complexity index is 1270.